The number of fused-ring (bicyclic) bond motifs is 1. The highest BCUT2D eigenvalue weighted by Gasteiger charge is 2.37. The molecule has 1 aliphatic heterocycles. The summed E-state index contributed by atoms with van der Waals surface area (Å²) in [6, 6.07) is 18.6. The van der Waals surface area contributed by atoms with Crippen LogP contribution in [0.5, 0.6) is 0 Å². The maximum Gasteiger partial charge on any atom is 0.243 e. The molecule has 2 aromatic carbocycles. The summed E-state index contributed by atoms with van der Waals surface area (Å²) >= 11 is 0. The molecule has 0 spiro atoms. The van der Waals surface area contributed by atoms with Crippen LogP contribution in [0.15, 0.2) is 78.0 Å². The van der Waals surface area contributed by atoms with Crippen LogP contribution in [-0.4, -0.2) is 24.3 Å². The van der Waals surface area contributed by atoms with Crippen LogP contribution in [0.3, 0.4) is 0 Å². The number of rotatable bonds is 3. The van der Waals surface area contributed by atoms with Gasteiger partial charge >= 0.3 is 0 Å². The Hall–Kier alpha value is -2.50. The topological polar surface area (TPSA) is 50.3 Å². The summed E-state index contributed by atoms with van der Waals surface area (Å²) in [7, 11) is -3.62. The molecule has 1 aromatic heterocycles. The van der Waals surface area contributed by atoms with Gasteiger partial charge in [-0.15, -0.1) is 0 Å². The van der Waals surface area contributed by atoms with Crippen molar-refractivity contribution in [3.05, 3.63) is 95.3 Å². The minimum absolute atomic E-state index is 0.339. The van der Waals surface area contributed by atoms with Gasteiger partial charge in [0.15, 0.2) is 0 Å². The van der Waals surface area contributed by atoms with Crippen molar-refractivity contribution in [3.8, 4) is 0 Å². The highest BCUT2D eigenvalue weighted by Crippen LogP contribution is 2.38. The lowest BCUT2D eigenvalue weighted by atomic mass is 9.91. The molecule has 0 fully saturated rings. The monoisotopic (exact) mass is 364 g/mol. The molecular weight excluding hydrogens is 344 g/mol. The van der Waals surface area contributed by atoms with Gasteiger partial charge in [0.1, 0.15) is 0 Å². The van der Waals surface area contributed by atoms with Gasteiger partial charge in [-0.25, -0.2) is 8.42 Å². The number of hydrogen-bond acceptors (Lipinski definition) is 3. The highest BCUT2D eigenvalue weighted by molar-refractivity contribution is 7.89. The summed E-state index contributed by atoms with van der Waals surface area (Å²) in [6.07, 6.45) is 4.17. The summed E-state index contributed by atoms with van der Waals surface area (Å²) in [5, 5.41) is 0. The molecule has 132 valence electrons. The van der Waals surface area contributed by atoms with Crippen LogP contribution in [0.2, 0.25) is 0 Å². The molecule has 0 saturated carbocycles. The van der Waals surface area contributed by atoms with E-state index in [-0.39, 0.29) is 6.04 Å². The molecule has 0 aliphatic carbocycles. The number of nitrogens with zero attached hydrogens (tertiary/aromatic N) is 2. The molecule has 0 bridgehead atoms. The maximum atomic E-state index is 13.4. The fraction of sp³-hybridized carbons (Fsp3) is 0.190. The van der Waals surface area contributed by atoms with E-state index in [1.807, 2.05) is 43.3 Å². The van der Waals surface area contributed by atoms with E-state index in [1.165, 1.54) is 5.56 Å². The summed E-state index contributed by atoms with van der Waals surface area (Å²) in [6.45, 7) is 2.36. The van der Waals surface area contributed by atoms with E-state index >= 15 is 0 Å². The first-order valence-corrected chi connectivity index (χ1v) is 10.1. The van der Waals surface area contributed by atoms with Gasteiger partial charge in [0, 0.05) is 18.9 Å². The predicted molar refractivity (Wildman–Crippen MR) is 101 cm³/mol. The minimum Gasteiger partial charge on any atom is -0.264 e. The fourth-order valence-electron chi connectivity index (χ4n) is 3.60. The quantitative estimate of drug-likeness (QED) is 0.712. The van der Waals surface area contributed by atoms with Crippen LogP contribution in [-0.2, 0) is 16.4 Å². The van der Waals surface area contributed by atoms with Crippen molar-refractivity contribution in [2.45, 2.75) is 24.3 Å². The van der Waals surface area contributed by atoms with Crippen LogP contribution in [0, 0.1) is 6.92 Å². The van der Waals surface area contributed by atoms with E-state index in [2.05, 4.69) is 11.1 Å². The first-order chi connectivity index (χ1) is 12.6. The minimum atomic E-state index is -3.62. The van der Waals surface area contributed by atoms with E-state index in [1.54, 1.807) is 34.9 Å². The Balaban J connectivity index is 1.87. The van der Waals surface area contributed by atoms with E-state index in [0.29, 0.717) is 17.9 Å². The van der Waals surface area contributed by atoms with Gasteiger partial charge in [-0.1, -0.05) is 42.5 Å². The number of aryl methyl sites for hydroxylation is 1. The van der Waals surface area contributed by atoms with Crippen LogP contribution < -0.4 is 0 Å². The molecule has 0 radical (unpaired) electrons. The second-order valence-electron chi connectivity index (χ2n) is 6.57. The first-order valence-electron chi connectivity index (χ1n) is 8.63. The number of sulfonamides is 1. The average Bonchev–Trinajstić information content (AvgIpc) is 2.67. The Kier molecular flexibility index (Phi) is 4.34. The first kappa shape index (κ1) is 16.9. The van der Waals surface area contributed by atoms with Gasteiger partial charge in [0.2, 0.25) is 10.0 Å². The van der Waals surface area contributed by atoms with Gasteiger partial charge in [-0.05, 0) is 53.8 Å². The molecular formula is C21H20N2O2S. The van der Waals surface area contributed by atoms with Crippen LogP contribution in [0.1, 0.15) is 28.3 Å². The van der Waals surface area contributed by atoms with E-state index < -0.39 is 10.0 Å². The molecule has 4 rings (SSSR count). The second kappa shape index (κ2) is 6.67. The lowest BCUT2D eigenvalue weighted by molar-refractivity contribution is 0.343. The molecule has 5 heteroatoms. The third-order valence-electron chi connectivity index (χ3n) is 4.84. The Morgan fingerprint density at radius 2 is 1.88 bits per heavy atom. The zero-order valence-electron chi connectivity index (χ0n) is 14.5. The van der Waals surface area contributed by atoms with Crippen molar-refractivity contribution in [1.82, 2.24) is 9.29 Å². The summed E-state index contributed by atoms with van der Waals surface area (Å²) in [5.74, 6) is 0. The van der Waals surface area contributed by atoms with Crippen molar-refractivity contribution in [3.63, 3.8) is 0 Å². The summed E-state index contributed by atoms with van der Waals surface area (Å²) in [5.41, 5.74) is 4.04. The van der Waals surface area contributed by atoms with E-state index in [9.17, 15) is 8.42 Å². The average molecular weight is 364 g/mol. The van der Waals surface area contributed by atoms with E-state index in [4.69, 9.17) is 0 Å². The molecule has 26 heavy (non-hydrogen) atoms. The maximum absolute atomic E-state index is 13.4. The van der Waals surface area contributed by atoms with Crippen LogP contribution in [0.4, 0.5) is 0 Å². The summed E-state index contributed by atoms with van der Waals surface area (Å²) < 4.78 is 28.5. The molecule has 2 heterocycles. The van der Waals surface area contributed by atoms with Crippen LogP contribution >= 0.6 is 0 Å². The van der Waals surface area contributed by atoms with Crippen molar-refractivity contribution >= 4 is 10.0 Å². The summed E-state index contributed by atoms with van der Waals surface area (Å²) in [4.78, 5) is 4.55. The number of benzene rings is 2. The van der Waals surface area contributed by atoms with Crippen molar-refractivity contribution in [2.24, 2.45) is 0 Å². The molecule has 0 saturated heterocycles. The lowest BCUT2D eigenvalue weighted by Crippen LogP contribution is -2.40. The molecule has 1 unspecified atom stereocenters. The Morgan fingerprint density at radius 1 is 1.04 bits per heavy atom. The molecule has 0 N–H and O–H groups in total. The molecule has 4 nitrogen and oxygen atoms in total. The van der Waals surface area contributed by atoms with Gasteiger partial charge < -0.3 is 0 Å². The second-order valence-corrected chi connectivity index (χ2v) is 8.46. The number of pyridine rings is 1. The Labute approximate surface area is 154 Å². The zero-order chi connectivity index (χ0) is 18.1. The third kappa shape index (κ3) is 2.93. The lowest BCUT2D eigenvalue weighted by Gasteiger charge is -2.36. The Bertz CT molecular complexity index is 1030. The molecule has 1 aliphatic rings. The fourth-order valence-corrected chi connectivity index (χ4v) is 5.30. The van der Waals surface area contributed by atoms with E-state index in [0.717, 1.165) is 16.7 Å². The van der Waals surface area contributed by atoms with Crippen molar-refractivity contribution in [1.29, 1.82) is 0 Å². The molecule has 1 atom stereocenters. The zero-order valence-corrected chi connectivity index (χ0v) is 15.4. The van der Waals surface area contributed by atoms with Crippen molar-refractivity contribution < 1.29 is 8.42 Å². The smallest absolute Gasteiger partial charge is 0.243 e. The molecule has 0 amide bonds. The van der Waals surface area contributed by atoms with Gasteiger partial charge in [-0.2, -0.15) is 4.31 Å². The highest BCUT2D eigenvalue weighted by atomic mass is 32.2. The van der Waals surface area contributed by atoms with Gasteiger partial charge in [-0.3, -0.25) is 4.98 Å². The van der Waals surface area contributed by atoms with Gasteiger partial charge in [0.05, 0.1) is 10.9 Å². The van der Waals surface area contributed by atoms with Crippen molar-refractivity contribution in [2.75, 3.05) is 6.54 Å². The predicted octanol–water partition coefficient (Wildman–Crippen LogP) is 3.73. The molecule has 3 aromatic rings. The largest absolute Gasteiger partial charge is 0.264 e. The number of aromatic nitrogens is 1. The third-order valence-corrected chi connectivity index (χ3v) is 6.70. The normalized spacial score (nSPS) is 17.7. The Morgan fingerprint density at radius 3 is 2.65 bits per heavy atom. The standard InChI is InChI=1S/C21H20N2O2S/c1-16-6-4-9-19(14-16)26(24,25)23-13-11-17-7-2-3-10-20(17)21(23)18-8-5-12-22-15-18/h2-10,12,14-15,21H,11,13H2,1H3. The SMILES string of the molecule is Cc1cccc(S(=O)(=O)N2CCc3ccccc3C2c2cccnc2)c1. The van der Waals surface area contributed by atoms with Crippen LogP contribution in [0.25, 0.3) is 0 Å². The number of hydrogen-bond donors (Lipinski definition) is 0. The van der Waals surface area contributed by atoms with Gasteiger partial charge in [0.25, 0.3) is 0 Å².